The number of rotatable bonds is 4. The lowest BCUT2D eigenvalue weighted by Gasteiger charge is -2.55. The molecule has 3 aromatic rings. The molecule has 29 heavy (non-hydrogen) atoms. The smallest absolute Gasteiger partial charge is 0.232 e. The molecule has 4 fully saturated rings. The monoisotopic (exact) mass is 420 g/mol. The predicted molar refractivity (Wildman–Crippen MR) is 120 cm³/mol. The molecule has 0 spiro atoms. The molecule has 148 valence electrons. The number of nitrogens with zero attached hydrogens (tertiary/aromatic N) is 1. The first-order valence-corrected chi connectivity index (χ1v) is 12.3. The number of hydrogen-bond donors (Lipinski definition) is 1. The van der Waals surface area contributed by atoms with E-state index >= 15 is 0 Å². The maximum absolute atomic E-state index is 13.5. The second-order valence-corrected chi connectivity index (χ2v) is 11.1. The third-order valence-electron chi connectivity index (χ3n) is 7.16. The molecule has 0 aliphatic heterocycles. The molecule has 1 N–H and O–H groups in total. The number of thiophene rings is 1. The standard InChI is InChI=1S/C24H24N2OS2/c27-22(24-12-15-9-16(13-24)11-17(10-15)14-24)26-23-25-20(19-7-4-8-28-19)21(29-23)18-5-2-1-3-6-18/h1-8,15-17H,9-14H2,(H,25,26,27). The fourth-order valence-corrected chi connectivity index (χ4v) is 8.12. The Kier molecular flexibility index (Phi) is 4.17. The van der Waals surface area contributed by atoms with Gasteiger partial charge in [0.25, 0.3) is 0 Å². The average molecular weight is 421 g/mol. The number of carbonyl (C=O) groups excluding carboxylic acids is 1. The molecule has 2 heterocycles. The summed E-state index contributed by atoms with van der Waals surface area (Å²) < 4.78 is 0. The van der Waals surface area contributed by atoms with Gasteiger partial charge in [0.2, 0.25) is 5.91 Å². The molecule has 7 rings (SSSR count). The van der Waals surface area contributed by atoms with Gasteiger partial charge in [-0.05, 0) is 73.3 Å². The van der Waals surface area contributed by atoms with E-state index in [2.05, 4.69) is 47.1 Å². The second kappa shape index (κ2) is 6.78. The normalized spacial score (nSPS) is 29.9. The highest BCUT2D eigenvalue weighted by Gasteiger charge is 2.54. The third kappa shape index (κ3) is 3.06. The summed E-state index contributed by atoms with van der Waals surface area (Å²) in [4.78, 5) is 20.6. The first kappa shape index (κ1) is 17.8. The van der Waals surface area contributed by atoms with Crippen molar-refractivity contribution in [1.82, 2.24) is 4.98 Å². The Morgan fingerprint density at radius 2 is 1.66 bits per heavy atom. The van der Waals surface area contributed by atoms with Gasteiger partial charge in [-0.15, -0.1) is 11.3 Å². The summed E-state index contributed by atoms with van der Waals surface area (Å²) in [5.41, 5.74) is 2.00. The Bertz CT molecular complexity index is 1000. The molecule has 4 saturated carbocycles. The maximum atomic E-state index is 13.5. The van der Waals surface area contributed by atoms with Crippen molar-refractivity contribution in [2.24, 2.45) is 23.2 Å². The molecule has 1 aromatic carbocycles. The van der Waals surface area contributed by atoms with Crippen molar-refractivity contribution in [1.29, 1.82) is 0 Å². The summed E-state index contributed by atoms with van der Waals surface area (Å²) in [6, 6.07) is 14.6. The minimum Gasteiger partial charge on any atom is -0.301 e. The van der Waals surface area contributed by atoms with Crippen molar-refractivity contribution in [2.75, 3.05) is 5.32 Å². The van der Waals surface area contributed by atoms with Crippen molar-refractivity contribution in [2.45, 2.75) is 38.5 Å². The van der Waals surface area contributed by atoms with E-state index in [-0.39, 0.29) is 11.3 Å². The van der Waals surface area contributed by atoms with E-state index in [1.165, 1.54) is 19.3 Å². The molecule has 0 saturated heterocycles. The first-order valence-electron chi connectivity index (χ1n) is 10.6. The molecule has 2 aromatic heterocycles. The number of thiazole rings is 1. The van der Waals surface area contributed by atoms with Gasteiger partial charge in [-0.25, -0.2) is 4.98 Å². The zero-order chi connectivity index (χ0) is 19.4. The summed E-state index contributed by atoms with van der Waals surface area (Å²) >= 11 is 3.30. The van der Waals surface area contributed by atoms with Gasteiger partial charge in [0.15, 0.2) is 5.13 Å². The van der Waals surface area contributed by atoms with Gasteiger partial charge in [0, 0.05) is 0 Å². The van der Waals surface area contributed by atoms with Crippen molar-refractivity contribution < 1.29 is 4.79 Å². The molecule has 5 heteroatoms. The van der Waals surface area contributed by atoms with Crippen LogP contribution in [0.5, 0.6) is 0 Å². The van der Waals surface area contributed by atoms with Crippen molar-refractivity contribution in [3.8, 4) is 21.0 Å². The van der Waals surface area contributed by atoms with Crippen LogP contribution < -0.4 is 5.32 Å². The van der Waals surface area contributed by atoms with Crippen LogP contribution in [0.4, 0.5) is 5.13 Å². The fourth-order valence-electron chi connectivity index (χ4n) is 6.36. The molecule has 4 aliphatic carbocycles. The van der Waals surface area contributed by atoms with Gasteiger partial charge in [-0.3, -0.25) is 4.79 Å². The molecular weight excluding hydrogens is 396 g/mol. The largest absolute Gasteiger partial charge is 0.301 e. The Balaban J connectivity index is 1.33. The van der Waals surface area contributed by atoms with Crippen molar-refractivity contribution in [3.63, 3.8) is 0 Å². The molecule has 0 atom stereocenters. The van der Waals surface area contributed by atoms with E-state index < -0.39 is 0 Å². The maximum Gasteiger partial charge on any atom is 0.232 e. The molecule has 4 bridgehead atoms. The molecule has 4 aliphatic rings. The van der Waals surface area contributed by atoms with Crippen LogP contribution in [-0.2, 0) is 4.79 Å². The van der Waals surface area contributed by atoms with Crippen LogP contribution in [-0.4, -0.2) is 10.9 Å². The van der Waals surface area contributed by atoms with E-state index in [0.29, 0.717) is 0 Å². The number of benzene rings is 1. The van der Waals surface area contributed by atoms with E-state index in [1.807, 2.05) is 6.07 Å². The lowest BCUT2D eigenvalue weighted by Crippen LogP contribution is -2.51. The summed E-state index contributed by atoms with van der Waals surface area (Å²) in [6.07, 6.45) is 7.30. The fraction of sp³-hybridized carbons (Fsp3) is 0.417. The van der Waals surface area contributed by atoms with Gasteiger partial charge < -0.3 is 5.32 Å². The molecular formula is C24H24N2OS2. The Morgan fingerprint density at radius 1 is 0.966 bits per heavy atom. The summed E-state index contributed by atoms with van der Waals surface area (Å²) in [5.74, 6) is 2.53. The van der Waals surface area contributed by atoms with Gasteiger partial charge in [-0.2, -0.15) is 0 Å². The quantitative estimate of drug-likeness (QED) is 0.511. The van der Waals surface area contributed by atoms with Crippen LogP contribution in [0.1, 0.15) is 38.5 Å². The lowest BCUT2D eigenvalue weighted by atomic mass is 9.49. The zero-order valence-electron chi connectivity index (χ0n) is 16.3. The van der Waals surface area contributed by atoms with Crippen LogP contribution >= 0.6 is 22.7 Å². The van der Waals surface area contributed by atoms with Crippen LogP contribution in [0, 0.1) is 23.2 Å². The van der Waals surface area contributed by atoms with Gasteiger partial charge >= 0.3 is 0 Å². The van der Waals surface area contributed by atoms with E-state index in [9.17, 15) is 4.79 Å². The zero-order valence-corrected chi connectivity index (χ0v) is 17.9. The van der Waals surface area contributed by atoms with Gasteiger partial charge in [-0.1, -0.05) is 47.7 Å². The SMILES string of the molecule is O=C(Nc1nc(-c2cccs2)c(-c2ccccc2)s1)C12CC3CC(CC(C3)C1)C2. The number of aromatic nitrogens is 1. The highest BCUT2D eigenvalue weighted by atomic mass is 32.1. The predicted octanol–water partition coefficient (Wildman–Crippen LogP) is 6.69. The number of nitrogens with one attached hydrogen (secondary N) is 1. The molecule has 0 unspecified atom stereocenters. The summed E-state index contributed by atoms with van der Waals surface area (Å²) in [6.45, 7) is 0. The number of anilines is 1. The molecule has 1 amide bonds. The van der Waals surface area contributed by atoms with Crippen LogP contribution in [0.2, 0.25) is 0 Å². The van der Waals surface area contributed by atoms with Crippen LogP contribution in [0.3, 0.4) is 0 Å². The van der Waals surface area contributed by atoms with Crippen molar-refractivity contribution >= 4 is 33.7 Å². The number of amides is 1. The van der Waals surface area contributed by atoms with Crippen molar-refractivity contribution in [3.05, 3.63) is 47.8 Å². The minimum atomic E-state index is -0.142. The van der Waals surface area contributed by atoms with E-state index in [4.69, 9.17) is 4.98 Å². The topological polar surface area (TPSA) is 42.0 Å². The highest BCUT2D eigenvalue weighted by molar-refractivity contribution is 7.20. The number of carbonyl (C=O) groups is 1. The lowest BCUT2D eigenvalue weighted by molar-refractivity contribution is -0.140. The van der Waals surface area contributed by atoms with Crippen LogP contribution in [0.15, 0.2) is 47.8 Å². The average Bonchev–Trinajstić information content (AvgIpc) is 3.37. The van der Waals surface area contributed by atoms with Gasteiger partial charge in [0.05, 0.1) is 15.2 Å². The summed E-state index contributed by atoms with van der Waals surface area (Å²) in [7, 11) is 0. The van der Waals surface area contributed by atoms with Gasteiger partial charge in [0.1, 0.15) is 5.69 Å². The summed E-state index contributed by atoms with van der Waals surface area (Å²) in [5, 5.41) is 6.09. The second-order valence-electron chi connectivity index (χ2n) is 9.19. The Labute approximate surface area is 179 Å². The Morgan fingerprint density at radius 3 is 2.28 bits per heavy atom. The number of hydrogen-bond acceptors (Lipinski definition) is 4. The molecule has 0 radical (unpaired) electrons. The molecule has 3 nitrogen and oxygen atoms in total. The highest BCUT2D eigenvalue weighted by Crippen LogP contribution is 2.60. The van der Waals surface area contributed by atoms with Crippen LogP contribution in [0.25, 0.3) is 21.0 Å². The first-order chi connectivity index (χ1) is 14.2. The third-order valence-corrected chi connectivity index (χ3v) is 9.05. The van der Waals surface area contributed by atoms with E-state index in [1.54, 1.807) is 22.7 Å². The minimum absolute atomic E-state index is 0.142. The Hall–Kier alpha value is -1.98. The van der Waals surface area contributed by atoms with E-state index in [0.717, 1.165) is 63.2 Å².